The molecule has 1 aliphatic carbocycles. The minimum Gasteiger partial charge on any atom is -0.497 e. The first-order valence-corrected chi connectivity index (χ1v) is 16.6. The number of nitrogens with zero attached hydrogens (tertiary/aromatic N) is 5. The van der Waals surface area contributed by atoms with Crippen molar-refractivity contribution >= 4 is 25.5 Å². The Balaban J connectivity index is 1.17. The van der Waals surface area contributed by atoms with E-state index in [4.69, 9.17) is 14.5 Å². The van der Waals surface area contributed by atoms with Crippen LogP contribution in [0.1, 0.15) is 0 Å². The molecule has 1 N–H and O–H groups in total. The zero-order valence-corrected chi connectivity index (χ0v) is 23.1. The first-order chi connectivity index (χ1) is 17.9. The van der Waals surface area contributed by atoms with Crippen LogP contribution in [0.25, 0.3) is 11.1 Å². The van der Waals surface area contributed by atoms with Crippen molar-refractivity contribution in [3.05, 3.63) is 72.9 Å². The minimum absolute atomic E-state index is 0.425. The van der Waals surface area contributed by atoms with Gasteiger partial charge >= 0.3 is 0 Å². The van der Waals surface area contributed by atoms with Crippen LogP contribution in [0.5, 0.6) is 0 Å². The summed E-state index contributed by atoms with van der Waals surface area (Å²) in [5, 5.41) is 7.87. The van der Waals surface area contributed by atoms with Crippen LogP contribution < -0.4 is 10.2 Å². The zero-order valence-electron chi connectivity index (χ0n) is 22.1. The molecule has 0 saturated carbocycles. The molecule has 37 heavy (non-hydrogen) atoms. The molecule has 9 heteroatoms. The van der Waals surface area contributed by atoms with E-state index >= 15 is 0 Å². The van der Waals surface area contributed by atoms with E-state index < -0.39 is 8.07 Å². The molecule has 0 radical (unpaired) electrons. The molecule has 0 spiro atoms. The summed E-state index contributed by atoms with van der Waals surface area (Å²) in [5.74, 6) is 3.35. The van der Waals surface area contributed by atoms with Crippen molar-refractivity contribution in [2.75, 3.05) is 37.0 Å². The third-order valence-electron chi connectivity index (χ3n) is 6.80. The van der Waals surface area contributed by atoms with Crippen molar-refractivity contribution in [3.63, 3.8) is 0 Å². The molecular weight excluding hydrogens is 480 g/mol. The first kappa shape index (κ1) is 25.2. The third-order valence-corrected chi connectivity index (χ3v) is 8.51. The number of benzene rings is 1. The maximum atomic E-state index is 5.81. The Bertz CT molecular complexity index is 1260. The molecule has 194 valence electrons. The smallest absolute Gasteiger partial charge is 0.227 e. The molecule has 1 saturated heterocycles. The first-order valence-electron chi connectivity index (χ1n) is 12.9. The van der Waals surface area contributed by atoms with E-state index in [2.05, 4.69) is 82.4 Å². The van der Waals surface area contributed by atoms with E-state index in [1.165, 1.54) is 0 Å². The normalized spacial score (nSPS) is 19.0. The molecule has 0 bridgehead atoms. The molecule has 2 atom stereocenters. The average Bonchev–Trinajstić information content (AvgIpc) is 3.54. The highest BCUT2D eigenvalue weighted by Gasteiger charge is 2.33. The van der Waals surface area contributed by atoms with Crippen LogP contribution in [0.4, 0.5) is 17.5 Å². The Kier molecular flexibility index (Phi) is 7.43. The predicted octanol–water partition coefficient (Wildman–Crippen LogP) is 5.55. The quantitative estimate of drug-likeness (QED) is 0.280. The lowest BCUT2D eigenvalue weighted by Crippen LogP contribution is -2.22. The summed E-state index contributed by atoms with van der Waals surface area (Å²) in [6, 6.07) is 11.4. The Morgan fingerprint density at radius 3 is 2.65 bits per heavy atom. The second-order valence-electron chi connectivity index (χ2n) is 10.9. The number of hydrogen-bond acceptors (Lipinski definition) is 7. The molecule has 1 aromatic carbocycles. The number of rotatable bonds is 10. The van der Waals surface area contributed by atoms with Gasteiger partial charge < -0.3 is 19.7 Å². The number of ether oxygens (including phenoxy) is 2. The summed E-state index contributed by atoms with van der Waals surface area (Å²) in [6.45, 7) is 10.1. The Morgan fingerprint density at radius 1 is 1.05 bits per heavy atom. The summed E-state index contributed by atoms with van der Waals surface area (Å²) in [4.78, 5) is 11.6. The number of methoxy groups -OCH3 is 1. The van der Waals surface area contributed by atoms with Gasteiger partial charge in [-0.2, -0.15) is 10.1 Å². The molecule has 3 aromatic rings. The summed E-state index contributed by atoms with van der Waals surface area (Å²) in [6.07, 6.45) is 12.2. The number of hydrogen-bond donors (Lipinski definition) is 1. The van der Waals surface area contributed by atoms with Gasteiger partial charge in [-0.15, -0.1) is 0 Å². The minimum atomic E-state index is -1.08. The lowest BCUT2D eigenvalue weighted by Gasteiger charge is -2.16. The maximum absolute atomic E-state index is 5.81. The largest absolute Gasteiger partial charge is 0.497 e. The van der Waals surface area contributed by atoms with Gasteiger partial charge in [-0.1, -0.05) is 37.8 Å². The van der Waals surface area contributed by atoms with Gasteiger partial charge in [-0.05, 0) is 42.0 Å². The molecule has 5 rings (SSSR count). The van der Waals surface area contributed by atoms with Gasteiger partial charge in [0.1, 0.15) is 18.3 Å². The Morgan fingerprint density at radius 2 is 1.86 bits per heavy atom. The van der Waals surface area contributed by atoms with Gasteiger partial charge in [0.25, 0.3) is 0 Å². The molecule has 2 aliphatic rings. The van der Waals surface area contributed by atoms with Gasteiger partial charge in [0.2, 0.25) is 5.95 Å². The Labute approximate surface area is 220 Å². The standard InChI is InChI=1S/C28H36N6O2Si/c1-35-26-10-7-22-17-33(18-23(22)15-26)28-29-12-11-27(32-28)31-25-8-5-21(6-9-25)24-16-30-34(19-24)20-36-13-14-37(2,3)4/h5-12,15-16,19,22-23H,13-14,17-18,20H2,1-4H3,(H,29,31,32). The lowest BCUT2D eigenvalue weighted by molar-refractivity contribution is 0.0786. The van der Waals surface area contributed by atoms with E-state index in [9.17, 15) is 0 Å². The fourth-order valence-electron chi connectivity index (χ4n) is 4.60. The highest BCUT2D eigenvalue weighted by Crippen LogP contribution is 2.33. The average molecular weight is 517 g/mol. The molecule has 8 nitrogen and oxygen atoms in total. The van der Waals surface area contributed by atoms with Crippen LogP contribution in [0.3, 0.4) is 0 Å². The highest BCUT2D eigenvalue weighted by atomic mass is 28.3. The van der Waals surface area contributed by atoms with Crippen molar-refractivity contribution in [2.45, 2.75) is 32.4 Å². The SMILES string of the molecule is COC1=CC2CN(c3nccc(Nc4ccc(-c5cnn(COCC[Si](C)(C)C)c5)cc4)n3)CC2C=C1. The second kappa shape index (κ2) is 10.9. The lowest BCUT2D eigenvalue weighted by atomic mass is 9.91. The van der Waals surface area contributed by atoms with E-state index in [0.717, 1.165) is 60.1 Å². The number of aromatic nitrogens is 4. The molecule has 1 fully saturated rings. The van der Waals surface area contributed by atoms with Crippen LogP contribution in [-0.4, -0.2) is 54.6 Å². The highest BCUT2D eigenvalue weighted by molar-refractivity contribution is 6.76. The zero-order chi connectivity index (χ0) is 25.8. The molecule has 3 heterocycles. The van der Waals surface area contributed by atoms with Gasteiger partial charge in [0.15, 0.2) is 0 Å². The van der Waals surface area contributed by atoms with Crippen LogP contribution >= 0.6 is 0 Å². The van der Waals surface area contributed by atoms with Gasteiger partial charge in [0, 0.05) is 63.3 Å². The molecular formula is C28H36N6O2Si. The number of fused-ring (bicyclic) bond motifs is 1. The molecule has 0 amide bonds. The van der Waals surface area contributed by atoms with E-state index in [0.29, 0.717) is 18.6 Å². The predicted molar refractivity (Wildman–Crippen MR) is 151 cm³/mol. The maximum Gasteiger partial charge on any atom is 0.227 e. The number of nitrogens with one attached hydrogen (secondary N) is 1. The summed E-state index contributed by atoms with van der Waals surface area (Å²) >= 11 is 0. The molecule has 2 aromatic heterocycles. The molecule has 2 unspecified atom stereocenters. The van der Waals surface area contributed by atoms with Crippen molar-refractivity contribution in [1.29, 1.82) is 0 Å². The fraction of sp³-hybridized carbons (Fsp3) is 0.393. The van der Waals surface area contributed by atoms with Crippen LogP contribution in [0.2, 0.25) is 25.7 Å². The summed E-state index contributed by atoms with van der Waals surface area (Å²) < 4.78 is 13.1. The van der Waals surface area contributed by atoms with Crippen molar-refractivity contribution in [1.82, 2.24) is 19.7 Å². The van der Waals surface area contributed by atoms with Gasteiger partial charge in [0.05, 0.1) is 13.3 Å². The fourth-order valence-corrected chi connectivity index (χ4v) is 5.36. The second-order valence-corrected chi connectivity index (χ2v) is 16.5. The van der Waals surface area contributed by atoms with Crippen molar-refractivity contribution in [2.24, 2.45) is 11.8 Å². The van der Waals surface area contributed by atoms with E-state index in [-0.39, 0.29) is 0 Å². The van der Waals surface area contributed by atoms with Crippen molar-refractivity contribution in [3.8, 4) is 11.1 Å². The Hall–Kier alpha value is -3.43. The van der Waals surface area contributed by atoms with Crippen LogP contribution in [-0.2, 0) is 16.2 Å². The van der Waals surface area contributed by atoms with Gasteiger partial charge in [-0.25, -0.2) is 9.67 Å². The molecule has 1 aliphatic heterocycles. The third kappa shape index (κ3) is 6.47. The van der Waals surface area contributed by atoms with E-state index in [1.807, 2.05) is 29.3 Å². The van der Waals surface area contributed by atoms with Crippen LogP contribution in [0.15, 0.2) is 72.9 Å². The monoisotopic (exact) mass is 516 g/mol. The van der Waals surface area contributed by atoms with E-state index in [1.54, 1.807) is 7.11 Å². The number of allylic oxidation sites excluding steroid dienone is 1. The summed E-state index contributed by atoms with van der Waals surface area (Å²) in [7, 11) is 0.639. The topological polar surface area (TPSA) is 77.3 Å². The van der Waals surface area contributed by atoms with Crippen LogP contribution in [0, 0.1) is 11.8 Å². The van der Waals surface area contributed by atoms with Gasteiger partial charge in [-0.3, -0.25) is 0 Å². The summed E-state index contributed by atoms with van der Waals surface area (Å²) in [5.41, 5.74) is 3.15. The number of anilines is 3. The van der Waals surface area contributed by atoms with Crippen molar-refractivity contribution < 1.29 is 9.47 Å².